The van der Waals surface area contributed by atoms with Crippen molar-refractivity contribution in [3.63, 3.8) is 0 Å². The van der Waals surface area contributed by atoms with Crippen molar-refractivity contribution in [2.45, 2.75) is 18.9 Å². The maximum Gasteiger partial charge on any atom is 0.263 e. The van der Waals surface area contributed by atoms with E-state index in [9.17, 15) is 4.79 Å². The number of benzene rings is 1. The Morgan fingerprint density at radius 2 is 2.19 bits per heavy atom. The van der Waals surface area contributed by atoms with Gasteiger partial charge in [-0.2, -0.15) is 0 Å². The number of hydrogen-bond acceptors (Lipinski definition) is 3. The predicted molar refractivity (Wildman–Crippen MR) is 88.2 cm³/mol. The lowest BCUT2D eigenvalue weighted by Crippen LogP contribution is -2.31. The molecule has 1 aromatic heterocycles. The lowest BCUT2D eigenvalue weighted by molar-refractivity contribution is 0.0861. The summed E-state index contributed by atoms with van der Waals surface area (Å²) in [7, 11) is 0. The minimum atomic E-state index is -0.205. The van der Waals surface area contributed by atoms with Gasteiger partial charge in [0.15, 0.2) is 0 Å². The highest BCUT2D eigenvalue weighted by Crippen LogP contribution is 2.41. The minimum absolute atomic E-state index is 0.0973. The molecule has 1 unspecified atom stereocenters. The van der Waals surface area contributed by atoms with Crippen LogP contribution in [0.2, 0.25) is 15.1 Å². The Kier molecular flexibility index (Phi) is 4.62. The molecule has 1 fully saturated rings. The fourth-order valence-electron chi connectivity index (χ4n) is 2.35. The summed E-state index contributed by atoms with van der Waals surface area (Å²) in [5.41, 5.74) is 0. The van der Waals surface area contributed by atoms with Crippen molar-refractivity contribution in [2.24, 2.45) is 0 Å². The molecule has 0 radical (unpaired) electrons. The maximum atomic E-state index is 12.3. The van der Waals surface area contributed by atoms with Crippen LogP contribution in [0.1, 0.15) is 22.5 Å². The van der Waals surface area contributed by atoms with Crippen LogP contribution in [-0.4, -0.2) is 25.2 Å². The molecule has 2 aromatic rings. The van der Waals surface area contributed by atoms with Crippen molar-refractivity contribution in [3.05, 3.63) is 32.1 Å². The number of halogens is 3. The fraction of sp³-hybridized carbons (Fsp3) is 0.357. The second-order valence-corrected chi connectivity index (χ2v) is 7.12. The molecule has 1 atom stereocenters. The van der Waals surface area contributed by atoms with Crippen molar-refractivity contribution < 1.29 is 9.53 Å². The first kappa shape index (κ1) is 15.4. The number of thiophene rings is 1. The quantitative estimate of drug-likeness (QED) is 0.852. The minimum Gasteiger partial charge on any atom is -0.376 e. The molecule has 3 rings (SSSR count). The molecule has 1 amide bonds. The molecular weight excluding hydrogens is 353 g/mol. The average Bonchev–Trinajstić information content (AvgIpc) is 3.04. The van der Waals surface area contributed by atoms with E-state index in [1.165, 1.54) is 11.3 Å². The summed E-state index contributed by atoms with van der Waals surface area (Å²) in [5.74, 6) is -0.205. The Balaban J connectivity index is 1.84. The van der Waals surface area contributed by atoms with Crippen LogP contribution in [0.25, 0.3) is 10.1 Å². The zero-order chi connectivity index (χ0) is 15.0. The molecule has 7 heteroatoms. The van der Waals surface area contributed by atoms with Crippen LogP contribution >= 0.6 is 46.1 Å². The zero-order valence-corrected chi connectivity index (χ0v) is 14.0. The number of nitrogens with one attached hydrogen (secondary N) is 1. The van der Waals surface area contributed by atoms with Crippen molar-refractivity contribution in [2.75, 3.05) is 13.2 Å². The molecule has 1 aliphatic heterocycles. The number of ether oxygens (including phenoxy) is 1. The van der Waals surface area contributed by atoms with Gasteiger partial charge >= 0.3 is 0 Å². The highest BCUT2D eigenvalue weighted by atomic mass is 35.5. The first-order valence-corrected chi connectivity index (χ1v) is 8.48. The Labute approximate surface area is 141 Å². The van der Waals surface area contributed by atoms with Gasteiger partial charge < -0.3 is 10.1 Å². The van der Waals surface area contributed by atoms with Crippen LogP contribution in [0.3, 0.4) is 0 Å². The van der Waals surface area contributed by atoms with Gasteiger partial charge in [0.1, 0.15) is 4.88 Å². The van der Waals surface area contributed by atoms with Crippen LogP contribution < -0.4 is 5.32 Å². The third kappa shape index (κ3) is 3.15. The van der Waals surface area contributed by atoms with Crippen LogP contribution in [-0.2, 0) is 4.74 Å². The molecule has 0 aliphatic carbocycles. The molecule has 3 nitrogen and oxygen atoms in total. The number of amides is 1. The number of rotatable bonds is 3. The van der Waals surface area contributed by atoms with Gasteiger partial charge in [-0.15, -0.1) is 11.3 Å². The molecule has 112 valence electrons. The molecule has 0 bridgehead atoms. The lowest BCUT2D eigenvalue weighted by atomic mass is 10.2. The highest BCUT2D eigenvalue weighted by molar-refractivity contribution is 7.21. The largest absolute Gasteiger partial charge is 0.376 e. The molecule has 1 saturated heterocycles. The van der Waals surface area contributed by atoms with Gasteiger partial charge in [-0.3, -0.25) is 4.79 Å². The Morgan fingerprint density at radius 1 is 1.38 bits per heavy atom. The Bertz CT molecular complexity index is 695. The number of carbonyl (C=O) groups is 1. The van der Waals surface area contributed by atoms with Crippen molar-refractivity contribution in [1.82, 2.24) is 5.32 Å². The van der Waals surface area contributed by atoms with E-state index in [0.29, 0.717) is 31.9 Å². The third-order valence-electron chi connectivity index (χ3n) is 3.37. The normalized spacial score (nSPS) is 18.3. The summed E-state index contributed by atoms with van der Waals surface area (Å²) in [6, 6.07) is 3.38. The van der Waals surface area contributed by atoms with Crippen LogP contribution in [0, 0.1) is 0 Å². The second-order valence-electron chi connectivity index (χ2n) is 4.85. The van der Waals surface area contributed by atoms with Gasteiger partial charge in [0.25, 0.3) is 5.91 Å². The first-order valence-electron chi connectivity index (χ1n) is 6.53. The summed E-state index contributed by atoms with van der Waals surface area (Å²) in [4.78, 5) is 12.7. The van der Waals surface area contributed by atoms with E-state index in [0.717, 1.165) is 24.1 Å². The van der Waals surface area contributed by atoms with E-state index >= 15 is 0 Å². The van der Waals surface area contributed by atoms with Gasteiger partial charge in [-0.05, 0) is 25.0 Å². The maximum absolute atomic E-state index is 12.3. The highest BCUT2D eigenvalue weighted by Gasteiger charge is 2.21. The van der Waals surface area contributed by atoms with E-state index < -0.39 is 0 Å². The van der Waals surface area contributed by atoms with Gasteiger partial charge in [-0.1, -0.05) is 34.8 Å². The summed E-state index contributed by atoms with van der Waals surface area (Å²) in [6.45, 7) is 1.26. The van der Waals surface area contributed by atoms with E-state index in [4.69, 9.17) is 39.5 Å². The van der Waals surface area contributed by atoms with Crippen LogP contribution in [0.5, 0.6) is 0 Å². The summed E-state index contributed by atoms with van der Waals surface area (Å²) < 4.78 is 6.29. The van der Waals surface area contributed by atoms with E-state index in [2.05, 4.69) is 5.32 Å². The smallest absolute Gasteiger partial charge is 0.263 e. The number of carbonyl (C=O) groups excluding carboxylic acids is 1. The molecule has 1 aliphatic rings. The van der Waals surface area contributed by atoms with Gasteiger partial charge in [0, 0.05) is 28.3 Å². The molecule has 1 N–H and O–H groups in total. The van der Waals surface area contributed by atoms with Crippen LogP contribution in [0.15, 0.2) is 12.1 Å². The van der Waals surface area contributed by atoms with Gasteiger partial charge in [-0.25, -0.2) is 0 Å². The molecular formula is C14H12Cl3NO2S. The number of hydrogen-bond donors (Lipinski definition) is 1. The van der Waals surface area contributed by atoms with E-state index in [1.807, 2.05) is 0 Å². The lowest BCUT2D eigenvalue weighted by Gasteiger charge is -2.10. The van der Waals surface area contributed by atoms with E-state index in [-0.39, 0.29) is 12.0 Å². The average molecular weight is 365 g/mol. The topological polar surface area (TPSA) is 38.3 Å². The summed E-state index contributed by atoms with van der Waals surface area (Å²) in [5, 5.41) is 4.90. The number of fused-ring (bicyclic) bond motifs is 1. The van der Waals surface area contributed by atoms with Gasteiger partial charge in [0.2, 0.25) is 0 Å². The molecule has 21 heavy (non-hydrogen) atoms. The van der Waals surface area contributed by atoms with Gasteiger partial charge in [0.05, 0.1) is 16.1 Å². The third-order valence-corrected chi connectivity index (χ3v) is 5.51. The monoisotopic (exact) mass is 363 g/mol. The second kappa shape index (κ2) is 6.31. The molecule has 0 saturated carbocycles. The van der Waals surface area contributed by atoms with Crippen LogP contribution in [0.4, 0.5) is 0 Å². The molecule has 2 heterocycles. The fourth-order valence-corrected chi connectivity index (χ4v) is 4.64. The van der Waals surface area contributed by atoms with Crippen molar-refractivity contribution in [1.29, 1.82) is 0 Å². The molecule has 0 spiro atoms. The summed E-state index contributed by atoms with van der Waals surface area (Å²) in [6.07, 6.45) is 2.11. The Hall–Kier alpha value is -0.520. The standard InChI is InChI=1S/C14H12Cl3NO2S/c15-7-4-9(16)11-10(5-7)21-13(12(11)17)14(19)18-6-8-2-1-3-20-8/h4-5,8H,1-3,6H2,(H,18,19). The zero-order valence-electron chi connectivity index (χ0n) is 10.9. The van der Waals surface area contributed by atoms with Crippen molar-refractivity contribution >= 4 is 62.1 Å². The first-order chi connectivity index (χ1) is 10.1. The van der Waals surface area contributed by atoms with Crippen molar-refractivity contribution in [3.8, 4) is 0 Å². The van der Waals surface area contributed by atoms with E-state index in [1.54, 1.807) is 12.1 Å². The summed E-state index contributed by atoms with van der Waals surface area (Å²) >= 11 is 19.7. The SMILES string of the molecule is O=C(NCC1CCCO1)c1sc2cc(Cl)cc(Cl)c2c1Cl. The predicted octanol–water partition coefficient (Wildman–Crippen LogP) is 4.77. The molecule has 1 aromatic carbocycles. The Morgan fingerprint density at radius 3 is 2.90 bits per heavy atom.